The van der Waals surface area contributed by atoms with Crippen molar-refractivity contribution in [2.24, 2.45) is 5.92 Å². The predicted molar refractivity (Wildman–Crippen MR) is 75.3 cm³/mol. The number of piperidine rings is 1. The van der Waals surface area contributed by atoms with Gasteiger partial charge in [-0.2, -0.15) is 0 Å². The topological polar surface area (TPSA) is 59.3 Å². The Kier molecular flexibility index (Phi) is 4.35. The van der Waals surface area contributed by atoms with Gasteiger partial charge in [0.05, 0.1) is 4.92 Å². The Morgan fingerprint density at radius 2 is 2.32 bits per heavy atom. The van der Waals surface area contributed by atoms with Gasteiger partial charge in [0.25, 0.3) is 5.69 Å². The van der Waals surface area contributed by atoms with Crippen LogP contribution in [0, 0.1) is 16.0 Å². The van der Waals surface area contributed by atoms with Crippen LogP contribution in [-0.4, -0.2) is 22.5 Å². The van der Waals surface area contributed by atoms with Crippen molar-refractivity contribution < 1.29 is 4.92 Å². The van der Waals surface area contributed by atoms with Gasteiger partial charge >= 0.3 is 0 Å². The number of anilines is 1. The van der Waals surface area contributed by atoms with Gasteiger partial charge in [0, 0.05) is 18.7 Å². The Hall–Kier alpha value is -1.65. The molecule has 1 saturated heterocycles. The lowest BCUT2D eigenvalue weighted by Crippen LogP contribution is -2.44. The highest BCUT2D eigenvalue weighted by Gasteiger charge is 2.28. The molecule has 0 spiro atoms. The summed E-state index contributed by atoms with van der Waals surface area (Å²) in [6.07, 6.45) is 6.09. The summed E-state index contributed by atoms with van der Waals surface area (Å²) in [5.41, 5.74) is 0.0563. The normalized spacial score (nSPS) is 23.4. The first-order valence-corrected chi connectivity index (χ1v) is 7.00. The monoisotopic (exact) mass is 263 g/mol. The van der Waals surface area contributed by atoms with Crippen LogP contribution in [0.15, 0.2) is 18.3 Å². The lowest BCUT2D eigenvalue weighted by Gasteiger charge is -2.41. The fourth-order valence-corrected chi connectivity index (χ4v) is 2.93. The second kappa shape index (κ2) is 5.99. The first kappa shape index (κ1) is 13.8. The molecule has 19 heavy (non-hydrogen) atoms. The van der Waals surface area contributed by atoms with Crippen LogP contribution in [0.3, 0.4) is 0 Å². The maximum atomic E-state index is 10.7. The van der Waals surface area contributed by atoms with E-state index in [9.17, 15) is 10.1 Å². The third-order valence-corrected chi connectivity index (χ3v) is 3.94. The highest BCUT2D eigenvalue weighted by molar-refractivity contribution is 5.44. The SMILES string of the molecule is CCC[C@@H]1[C@H](C)CCCN1c1ccc([N+](=O)[O-])cn1. The molecule has 1 aromatic rings. The fourth-order valence-electron chi connectivity index (χ4n) is 2.93. The number of rotatable bonds is 4. The molecular formula is C14H21N3O2. The van der Waals surface area contributed by atoms with Crippen molar-refractivity contribution in [3.05, 3.63) is 28.4 Å². The highest BCUT2D eigenvalue weighted by atomic mass is 16.6. The molecule has 0 N–H and O–H groups in total. The molecule has 0 aromatic carbocycles. The largest absolute Gasteiger partial charge is 0.353 e. The van der Waals surface area contributed by atoms with E-state index in [1.54, 1.807) is 12.1 Å². The Balaban J connectivity index is 2.20. The lowest BCUT2D eigenvalue weighted by molar-refractivity contribution is -0.385. The molecule has 2 rings (SSSR count). The molecule has 1 aliphatic heterocycles. The molecule has 1 aromatic heterocycles. The van der Waals surface area contributed by atoms with Crippen molar-refractivity contribution in [2.75, 3.05) is 11.4 Å². The van der Waals surface area contributed by atoms with Crippen molar-refractivity contribution in [1.82, 2.24) is 4.98 Å². The van der Waals surface area contributed by atoms with Gasteiger partial charge in [0.15, 0.2) is 0 Å². The van der Waals surface area contributed by atoms with Crippen LogP contribution in [-0.2, 0) is 0 Å². The average molecular weight is 263 g/mol. The van der Waals surface area contributed by atoms with Gasteiger partial charge in [-0.3, -0.25) is 10.1 Å². The summed E-state index contributed by atoms with van der Waals surface area (Å²) in [6, 6.07) is 3.83. The Morgan fingerprint density at radius 3 is 2.89 bits per heavy atom. The van der Waals surface area contributed by atoms with E-state index < -0.39 is 4.92 Å². The first-order valence-electron chi connectivity index (χ1n) is 7.00. The fraction of sp³-hybridized carbons (Fsp3) is 0.643. The van der Waals surface area contributed by atoms with E-state index in [2.05, 4.69) is 23.7 Å². The van der Waals surface area contributed by atoms with Gasteiger partial charge in [-0.1, -0.05) is 20.3 Å². The molecule has 2 heterocycles. The Morgan fingerprint density at radius 1 is 1.53 bits per heavy atom. The van der Waals surface area contributed by atoms with Crippen LogP contribution in [0.5, 0.6) is 0 Å². The number of hydrogen-bond acceptors (Lipinski definition) is 4. The average Bonchev–Trinajstić information content (AvgIpc) is 2.41. The number of pyridine rings is 1. The van der Waals surface area contributed by atoms with Crippen molar-refractivity contribution in [2.45, 2.75) is 45.6 Å². The van der Waals surface area contributed by atoms with Crippen LogP contribution in [0.4, 0.5) is 11.5 Å². The van der Waals surface area contributed by atoms with Crippen molar-refractivity contribution in [3.8, 4) is 0 Å². The smallest absolute Gasteiger partial charge is 0.287 e. The molecule has 0 bridgehead atoms. The standard InChI is InChI=1S/C14H21N3O2/c1-3-5-13-11(2)6-4-9-16(13)14-8-7-12(10-15-14)17(18)19/h7-8,10-11,13H,3-6,9H2,1-2H3/t11-,13-/m1/s1. The number of aromatic nitrogens is 1. The molecule has 1 aliphatic rings. The number of nitrogens with zero attached hydrogens (tertiary/aromatic N) is 3. The van der Waals surface area contributed by atoms with Crippen molar-refractivity contribution in [3.63, 3.8) is 0 Å². The lowest BCUT2D eigenvalue weighted by atomic mass is 9.88. The number of nitro groups is 1. The molecule has 0 amide bonds. The van der Waals surface area contributed by atoms with Gasteiger partial charge in [0.2, 0.25) is 0 Å². The van der Waals surface area contributed by atoms with E-state index in [-0.39, 0.29) is 5.69 Å². The summed E-state index contributed by atoms with van der Waals surface area (Å²) < 4.78 is 0. The molecule has 2 atom stereocenters. The molecule has 5 heteroatoms. The van der Waals surface area contributed by atoms with Gasteiger partial charge in [-0.25, -0.2) is 4.98 Å². The van der Waals surface area contributed by atoms with Gasteiger partial charge < -0.3 is 4.90 Å². The summed E-state index contributed by atoms with van der Waals surface area (Å²) in [5.74, 6) is 1.53. The summed E-state index contributed by atoms with van der Waals surface area (Å²) in [7, 11) is 0. The quantitative estimate of drug-likeness (QED) is 0.617. The molecule has 0 saturated carbocycles. The minimum absolute atomic E-state index is 0.0563. The van der Waals surface area contributed by atoms with Crippen LogP contribution >= 0.6 is 0 Å². The molecule has 5 nitrogen and oxygen atoms in total. The molecule has 1 fully saturated rings. The van der Waals surface area contributed by atoms with Crippen LogP contribution < -0.4 is 4.90 Å². The highest BCUT2D eigenvalue weighted by Crippen LogP contribution is 2.30. The van der Waals surface area contributed by atoms with E-state index in [0.29, 0.717) is 12.0 Å². The summed E-state index contributed by atoms with van der Waals surface area (Å²) in [6.45, 7) is 5.49. The zero-order valence-electron chi connectivity index (χ0n) is 11.6. The second-order valence-corrected chi connectivity index (χ2v) is 5.30. The molecule has 0 radical (unpaired) electrons. The van der Waals surface area contributed by atoms with Crippen LogP contribution in [0.2, 0.25) is 0 Å². The minimum atomic E-state index is -0.404. The van der Waals surface area contributed by atoms with E-state index in [4.69, 9.17) is 0 Å². The third-order valence-electron chi connectivity index (χ3n) is 3.94. The van der Waals surface area contributed by atoms with Gasteiger partial charge in [-0.05, 0) is 31.2 Å². The van der Waals surface area contributed by atoms with E-state index >= 15 is 0 Å². The maximum Gasteiger partial charge on any atom is 0.287 e. The van der Waals surface area contributed by atoms with Gasteiger partial charge in [0.1, 0.15) is 12.0 Å². The summed E-state index contributed by atoms with van der Waals surface area (Å²) >= 11 is 0. The summed E-state index contributed by atoms with van der Waals surface area (Å²) in [5, 5.41) is 10.7. The zero-order valence-corrected chi connectivity index (χ0v) is 11.6. The Bertz CT molecular complexity index is 433. The summed E-state index contributed by atoms with van der Waals surface area (Å²) in [4.78, 5) is 16.9. The minimum Gasteiger partial charge on any atom is -0.353 e. The molecular weight excluding hydrogens is 242 g/mol. The second-order valence-electron chi connectivity index (χ2n) is 5.30. The first-order chi connectivity index (χ1) is 9.13. The van der Waals surface area contributed by atoms with E-state index in [0.717, 1.165) is 25.2 Å². The maximum absolute atomic E-state index is 10.7. The molecule has 0 aliphatic carbocycles. The number of hydrogen-bond donors (Lipinski definition) is 0. The van der Waals surface area contributed by atoms with Crippen LogP contribution in [0.25, 0.3) is 0 Å². The Labute approximate surface area is 113 Å². The van der Waals surface area contributed by atoms with Crippen LogP contribution in [0.1, 0.15) is 39.5 Å². The van der Waals surface area contributed by atoms with E-state index in [1.807, 2.05) is 0 Å². The van der Waals surface area contributed by atoms with E-state index in [1.165, 1.54) is 19.0 Å². The molecule has 0 unspecified atom stereocenters. The van der Waals surface area contributed by atoms with Gasteiger partial charge in [-0.15, -0.1) is 0 Å². The van der Waals surface area contributed by atoms with Crippen molar-refractivity contribution in [1.29, 1.82) is 0 Å². The third kappa shape index (κ3) is 3.03. The molecule has 104 valence electrons. The predicted octanol–water partition coefficient (Wildman–Crippen LogP) is 3.39. The zero-order chi connectivity index (χ0) is 13.8. The van der Waals surface area contributed by atoms with Crippen molar-refractivity contribution >= 4 is 11.5 Å².